The molecule has 1 fully saturated rings. The van der Waals surface area contributed by atoms with Crippen molar-refractivity contribution in [3.8, 4) is 0 Å². The van der Waals surface area contributed by atoms with Gasteiger partial charge in [0.2, 0.25) is 5.16 Å². The zero-order chi connectivity index (χ0) is 24.9. The van der Waals surface area contributed by atoms with Crippen molar-refractivity contribution in [2.45, 2.75) is 70.1 Å². The van der Waals surface area contributed by atoms with Crippen LogP contribution in [0.15, 0.2) is 29.4 Å². The molecular formula is C25H30FN5O3S. The summed E-state index contributed by atoms with van der Waals surface area (Å²) in [5, 5.41) is 5.01. The highest BCUT2D eigenvalue weighted by atomic mass is 32.2. The van der Waals surface area contributed by atoms with Gasteiger partial charge in [0.15, 0.2) is 6.61 Å². The maximum Gasteiger partial charge on any atom is 0.310 e. The third kappa shape index (κ3) is 5.98. The molecule has 0 atom stereocenters. The predicted molar refractivity (Wildman–Crippen MR) is 131 cm³/mol. The Labute approximate surface area is 208 Å². The standard InChI is InChI=1S/C25H30FN5O3S/c1-16-21(17(2)31-24(27-16)28-25(29-31)35-3)13-23(33)34-15-22(32)30(20-7-5-4-6-8-20)14-18-9-11-19(26)12-10-18/h9-12,20H,4-8,13-15H2,1-3H3. The Morgan fingerprint density at radius 3 is 2.54 bits per heavy atom. The molecule has 4 rings (SSSR count). The molecule has 35 heavy (non-hydrogen) atoms. The number of carbonyl (C=O) groups excluding carboxylic acids is 2. The Morgan fingerprint density at radius 1 is 1.14 bits per heavy atom. The van der Waals surface area contributed by atoms with E-state index in [0.29, 0.717) is 28.7 Å². The Morgan fingerprint density at radius 2 is 1.86 bits per heavy atom. The van der Waals surface area contributed by atoms with Crippen molar-refractivity contribution < 1.29 is 18.7 Å². The molecule has 0 radical (unpaired) electrons. The van der Waals surface area contributed by atoms with Crippen LogP contribution in [0.5, 0.6) is 0 Å². The molecule has 3 aromatic rings. The first-order chi connectivity index (χ1) is 16.9. The molecule has 186 valence electrons. The van der Waals surface area contributed by atoms with Gasteiger partial charge in [-0.2, -0.15) is 4.98 Å². The van der Waals surface area contributed by atoms with Gasteiger partial charge in [-0.15, -0.1) is 5.10 Å². The van der Waals surface area contributed by atoms with Crippen LogP contribution in [0.25, 0.3) is 5.78 Å². The highest BCUT2D eigenvalue weighted by Gasteiger charge is 2.27. The lowest BCUT2D eigenvalue weighted by Crippen LogP contribution is -2.43. The maximum absolute atomic E-state index is 13.3. The molecule has 8 nitrogen and oxygen atoms in total. The van der Waals surface area contributed by atoms with E-state index < -0.39 is 5.97 Å². The Balaban J connectivity index is 1.43. The zero-order valence-electron chi connectivity index (χ0n) is 20.3. The molecule has 0 bridgehead atoms. The number of hydrogen-bond acceptors (Lipinski definition) is 7. The minimum atomic E-state index is -0.499. The van der Waals surface area contributed by atoms with Crippen LogP contribution in [0.3, 0.4) is 0 Å². The molecule has 10 heteroatoms. The number of hydrogen-bond donors (Lipinski definition) is 0. The number of aromatic nitrogens is 4. The molecule has 2 heterocycles. The van der Waals surface area contributed by atoms with Crippen LogP contribution in [0.2, 0.25) is 0 Å². The van der Waals surface area contributed by atoms with Gasteiger partial charge in [0.05, 0.1) is 6.42 Å². The number of esters is 1. The van der Waals surface area contributed by atoms with E-state index in [-0.39, 0.29) is 30.8 Å². The number of benzene rings is 1. The minimum Gasteiger partial charge on any atom is -0.455 e. The SMILES string of the molecule is CSc1nc2nc(C)c(CC(=O)OCC(=O)N(Cc3ccc(F)cc3)C3CCCCC3)c(C)n2n1. The second-order valence-corrected chi connectivity index (χ2v) is 9.62. The molecule has 1 aromatic carbocycles. The number of carbonyl (C=O) groups is 2. The molecule has 0 N–H and O–H groups in total. The minimum absolute atomic E-state index is 0.0102. The normalized spacial score (nSPS) is 14.3. The van der Waals surface area contributed by atoms with Gasteiger partial charge in [-0.05, 0) is 50.6 Å². The largest absolute Gasteiger partial charge is 0.455 e. The summed E-state index contributed by atoms with van der Waals surface area (Å²) in [6.07, 6.45) is 6.99. The van der Waals surface area contributed by atoms with Gasteiger partial charge >= 0.3 is 5.97 Å². The summed E-state index contributed by atoms with van der Waals surface area (Å²) < 4.78 is 20.4. The molecular weight excluding hydrogens is 469 g/mol. The van der Waals surface area contributed by atoms with Crippen molar-refractivity contribution in [3.05, 3.63) is 52.6 Å². The average molecular weight is 500 g/mol. The smallest absolute Gasteiger partial charge is 0.310 e. The molecule has 1 aliphatic rings. The van der Waals surface area contributed by atoms with Crippen molar-refractivity contribution >= 4 is 29.4 Å². The van der Waals surface area contributed by atoms with Gasteiger partial charge in [-0.3, -0.25) is 9.59 Å². The third-order valence-corrected chi connectivity index (χ3v) is 7.03. The quantitative estimate of drug-likeness (QED) is 0.341. The Bertz CT molecular complexity index is 1210. The van der Waals surface area contributed by atoms with Gasteiger partial charge in [0.25, 0.3) is 11.7 Å². The molecule has 1 aliphatic carbocycles. The van der Waals surface area contributed by atoms with Crippen LogP contribution in [0.4, 0.5) is 4.39 Å². The molecule has 1 saturated carbocycles. The van der Waals surface area contributed by atoms with E-state index in [4.69, 9.17) is 4.74 Å². The van der Waals surface area contributed by atoms with E-state index in [1.807, 2.05) is 20.1 Å². The van der Waals surface area contributed by atoms with Crippen LogP contribution >= 0.6 is 11.8 Å². The highest BCUT2D eigenvalue weighted by Crippen LogP contribution is 2.25. The van der Waals surface area contributed by atoms with E-state index >= 15 is 0 Å². The van der Waals surface area contributed by atoms with Crippen LogP contribution < -0.4 is 0 Å². The number of ether oxygens (including phenoxy) is 1. The average Bonchev–Trinajstić information content (AvgIpc) is 3.28. The Hall–Kier alpha value is -3.01. The summed E-state index contributed by atoms with van der Waals surface area (Å²) in [6, 6.07) is 6.25. The topological polar surface area (TPSA) is 89.7 Å². The fraction of sp³-hybridized carbons (Fsp3) is 0.480. The second kappa shape index (κ2) is 11.2. The van der Waals surface area contributed by atoms with Crippen molar-refractivity contribution in [2.75, 3.05) is 12.9 Å². The van der Waals surface area contributed by atoms with Gasteiger partial charge in [-0.1, -0.05) is 43.2 Å². The van der Waals surface area contributed by atoms with Crippen molar-refractivity contribution in [1.29, 1.82) is 0 Å². The first-order valence-electron chi connectivity index (χ1n) is 11.8. The Kier molecular flexibility index (Phi) is 8.00. The predicted octanol–water partition coefficient (Wildman–Crippen LogP) is 4.05. The first kappa shape index (κ1) is 25.1. The van der Waals surface area contributed by atoms with Gasteiger partial charge < -0.3 is 9.64 Å². The molecule has 1 amide bonds. The summed E-state index contributed by atoms with van der Waals surface area (Å²) in [5.74, 6) is -0.564. The van der Waals surface area contributed by atoms with Gasteiger partial charge in [0, 0.05) is 29.5 Å². The molecule has 0 spiro atoms. The maximum atomic E-state index is 13.3. The van der Waals surface area contributed by atoms with Crippen molar-refractivity contribution in [3.63, 3.8) is 0 Å². The van der Waals surface area contributed by atoms with Crippen molar-refractivity contribution in [1.82, 2.24) is 24.5 Å². The van der Waals surface area contributed by atoms with E-state index in [2.05, 4.69) is 15.1 Å². The lowest BCUT2D eigenvalue weighted by atomic mass is 9.93. The molecule has 0 saturated heterocycles. The number of halogens is 1. The lowest BCUT2D eigenvalue weighted by Gasteiger charge is -2.34. The third-order valence-electron chi connectivity index (χ3n) is 6.49. The number of aryl methyl sites for hydroxylation is 2. The summed E-state index contributed by atoms with van der Waals surface area (Å²) >= 11 is 1.42. The van der Waals surface area contributed by atoms with Crippen molar-refractivity contribution in [2.24, 2.45) is 0 Å². The second-order valence-electron chi connectivity index (χ2n) is 8.85. The summed E-state index contributed by atoms with van der Waals surface area (Å²) in [6.45, 7) is 3.72. The number of nitrogens with zero attached hydrogens (tertiary/aromatic N) is 5. The first-order valence-corrected chi connectivity index (χ1v) is 13.0. The summed E-state index contributed by atoms with van der Waals surface area (Å²) in [7, 11) is 0. The number of rotatable bonds is 8. The van der Waals surface area contributed by atoms with E-state index in [0.717, 1.165) is 43.4 Å². The van der Waals surface area contributed by atoms with Crippen LogP contribution in [0, 0.1) is 19.7 Å². The number of fused-ring (bicyclic) bond motifs is 1. The molecule has 0 aliphatic heterocycles. The van der Waals surface area contributed by atoms with Crippen LogP contribution in [-0.4, -0.2) is 55.3 Å². The van der Waals surface area contributed by atoms with E-state index in [9.17, 15) is 14.0 Å². The van der Waals surface area contributed by atoms with Gasteiger partial charge in [-0.25, -0.2) is 13.9 Å². The van der Waals surface area contributed by atoms with Crippen LogP contribution in [-0.2, 0) is 27.3 Å². The summed E-state index contributed by atoms with van der Waals surface area (Å²) in [5.41, 5.74) is 3.00. The van der Waals surface area contributed by atoms with Crippen LogP contribution in [0.1, 0.15) is 54.6 Å². The fourth-order valence-electron chi connectivity index (χ4n) is 4.55. The number of thioether (sulfide) groups is 1. The zero-order valence-corrected chi connectivity index (χ0v) is 21.1. The van der Waals surface area contributed by atoms with E-state index in [1.165, 1.54) is 23.9 Å². The summed E-state index contributed by atoms with van der Waals surface area (Å²) in [4.78, 5) is 36.4. The monoisotopic (exact) mass is 499 g/mol. The molecule has 2 aromatic heterocycles. The highest BCUT2D eigenvalue weighted by molar-refractivity contribution is 7.98. The van der Waals surface area contributed by atoms with E-state index in [1.54, 1.807) is 21.5 Å². The lowest BCUT2D eigenvalue weighted by molar-refractivity contribution is -0.153. The fourth-order valence-corrected chi connectivity index (χ4v) is 4.89. The number of amides is 1. The van der Waals surface area contributed by atoms with Gasteiger partial charge in [0.1, 0.15) is 5.82 Å². The molecule has 0 unspecified atom stereocenters.